The molecule has 0 unspecified atom stereocenters. The number of carbonyl (C=O) groups is 1. The number of hydrogen-bond acceptors (Lipinski definition) is 4. The van der Waals surface area contributed by atoms with Crippen LogP contribution in [0.25, 0.3) is 22.3 Å². The van der Waals surface area contributed by atoms with Crippen LogP contribution in [-0.4, -0.2) is 28.6 Å². The number of benzene rings is 4. The molecule has 1 amide bonds. The first-order valence-electron chi connectivity index (χ1n) is 12.6. The maximum Gasteiger partial charge on any atom is 0.264 e. The molecular formula is C32H29N3O3. The van der Waals surface area contributed by atoms with Crippen LogP contribution in [0.1, 0.15) is 11.1 Å². The molecule has 0 N–H and O–H groups in total. The lowest BCUT2D eigenvalue weighted by molar-refractivity contribution is -0.120. The minimum Gasteiger partial charge on any atom is -0.483 e. The predicted molar refractivity (Wildman–Crippen MR) is 152 cm³/mol. The number of rotatable bonds is 8. The van der Waals surface area contributed by atoms with Crippen LogP contribution in [0.4, 0.5) is 5.69 Å². The summed E-state index contributed by atoms with van der Waals surface area (Å²) in [6.07, 6.45) is 0. The molecule has 0 radical (unpaired) electrons. The van der Waals surface area contributed by atoms with E-state index in [1.165, 1.54) is 0 Å². The number of ether oxygens (including phenoxy) is 1. The van der Waals surface area contributed by atoms with E-state index in [4.69, 9.17) is 9.72 Å². The molecule has 6 nitrogen and oxygen atoms in total. The molecule has 0 saturated heterocycles. The highest BCUT2D eigenvalue weighted by atomic mass is 16.5. The van der Waals surface area contributed by atoms with Gasteiger partial charge in [-0.3, -0.25) is 14.2 Å². The number of nitrogens with zero attached hydrogens (tertiary/aromatic N) is 3. The van der Waals surface area contributed by atoms with Crippen molar-refractivity contribution in [2.24, 2.45) is 0 Å². The largest absolute Gasteiger partial charge is 0.483 e. The minimum absolute atomic E-state index is 0.116. The Labute approximate surface area is 221 Å². The molecule has 0 aliphatic rings. The monoisotopic (exact) mass is 503 g/mol. The molecule has 4 aromatic carbocycles. The number of para-hydroxylation sites is 2. The molecule has 6 heteroatoms. The number of anilines is 1. The van der Waals surface area contributed by atoms with Gasteiger partial charge in [-0.1, -0.05) is 78.4 Å². The third kappa shape index (κ3) is 5.34. The van der Waals surface area contributed by atoms with Crippen molar-refractivity contribution in [2.45, 2.75) is 20.4 Å². The molecule has 0 aliphatic carbocycles. The zero-order valence-electron chi connectivity index (χ0n) is 21.5. The molecule has 1 aromatic heterocycles. The topological polar surface area (TPSA) is 64.4 Å². The summed E-state index contributed by atoms with van der Waals surface area (Å²) in [4.78, 5) is 33.6. The van der Waals surface area contributed by atoms with Gasteiger partial charge in [0.2, 0.25) is 0 Å². The standard InChI is InChI=1S/C32H29N3O3/c1-23-16-18-26(19-17-23)34(30(36)22-38-29-15-9-6-10-24(29)2)20-21-35-31(25-11-4-3-5-12-25)33-28-14-8-7-13-27(28)32(35)37/h3-19H,20-22H2,1-2H3. The first kappa shape index (κ1) is 25.0. The van der Waals surface area contributed by atoms with Gasteiger partial charge in [-0.25, -0.2) is 4.98 Å². The van der Waals surface area contributed by atoms with E-state index in [0.29, 0.717) is 22.5 Å². The van der Waals surface area contributed by atoms with Crippen molar-refractivity contribution in [1.29, 1.82) is 0 Å². The van der Waals surface area contributed by atoms with Crippen molar-refractivity contribution in [1.82, 2.24) is 9.55 Å². The van der Waals surface area contributed by atoms with Gasteiger partial charge in [0.1, 0.15) is 11.6 Å². The third-order valence-corrected chi connectivity index (χ3v) is 6.53. The number of aryl methyl sites for hydroxylation is 2. The van der Waals surface area contributed by atoms with Crippen LogP contribution < -0.4 is 15.2 Å². The van der Waals surface area contributed by atoms with Gasteiger partial charge in [0.25, 0.3) is 11.5 Å². The highest BCUT2D eigenvalue weighted by molar-refractivity contribution is 5.94. The number of aromatic nitrogens is 2. The van der Waals surface area contributed by atoms with Crippen molar-refractivity contribution in [2.75, 3.05) is 18.1 Å². The summed E-state index contributed by atoms with van der Waals surface area (Å²) in [5.41, 5.74) is 4.15. The molecule has 0 aliphatic heterocycles. The minimum atomic E-state index is -0.194. The normalized spacial score (nSPS) is 10.9. The average molecular weight is 504 g/mol. The van der Waals surface area contributed by atoms with E-state index in [9.17, 15) is 9.59 Å². The molecule has 0 spiro atoms. The predicted octanol–water partition coefficient (Wildman–Crippen LogP) is 5.79. The van der Waals surface area contributed by atoms with Crippen molar-refractivity contribution in [3.63, 3.8) is 0 Å². The molecule has 190 valence electrons. The van der Waals surface area contributed by atoms with Crippen LogP contribution in [-0.2, 0) is 11.3 Å². The van der Waals surface area contributed by atoms with Gasteiger partial charge in [0, 0.05) is 24.3 Å². The maximum absolute atomic E-state index is 13.6. The van der Waals surface area contributed by atoms with E-state index in [1.807, 2.05) is 111 Å². The Kier molecular flexibility index (Phi) is 7.31. The second-order valence-corrected chi connectivity index (χ2v) is 9.21. The molecule has 0 atom stereocenters. The highest BCUT2D eigenvalue weighted by Crippen LogP contribution is 2.21. The lowest BCUT2D eigenvalue weighted by atomic mass is 10.1. The molecule has 0 saturated carbocycles. The van der Waals surface area contributed by atoms with Crippen LogP contribution in [0.15, 0.2) is 108 Å². The van der Waals surface area contributed by atoms with Crippen LogP contribution in [0.3, 0.4) is 0 Å². The first-order chi connectivity index (χ1) is 18.5. The smallest absolute Gasteiger partial charge is 0.264 e. The highest BCUT2D eigenvalue weighted by Gasteiger charge is 2.19. The van der Waals surface area contributed by atoms with Gasteiger partial charge in [0.15, 0.2) is 6.61 Å². The Hall–Kier alpha value is -4.71. The van der Waals surface area contributed by atoms with Crippen LogP contribution >= 0.6 is 0 Å². The number of fused-ring (bicyclic) bond motifs is 1. The van der Waals surface area contributed by atoms with E-state index in [0.717, 1.165) is 22.4 Å². The van der Waals surface area contributed by atoms with E-state index in [1.54, 1.807) is 15.5 Å². The lowest BCUT2D eigenvalue weighted by Crippen LogP contribution is -2.39. The van der Waals surface area contributed by atoms with Crippen molar-refractivity contribution < 1.29 is 9.53 Å². The van der Waals surface area contributed by atoms with E-state index < -0.39 is 0 Å². The lowest BCUT2D eigenvalue weighted by Gasteiger charge is -2.24. The Morgan fingerprint density at radius 2 is 1.53 bits per heavy atom. The molecule has 1 heterocycles. The number of hydrogen-bond donors (Lipinski definition) is 0. The Bertz CT molecular complexity index is 1630. The number of carbonyl (C=O) groups excluding carboxylic acids is 1. The molecule has 38 heavy (non-hydrogen) atoms. The quantitative estimate of drug-likeness (QED) is 0.269. The van der Waals surface area contributed by atoms with Gasteiger partial charge >= 0.3 is 0 Å². The molecular weight excluding hydrogens is 474 g/mol. The Balaban J connectivity index is 1.49. The first-order valence-corrected chi connectivity index (χ1v) is 12.6. The van der Waals surface area contributed by atoms with E-state index >= 15 is 0 Å². The van der Waals surface area contributed by atoms with Gasteiger partial charge in [0.05, 0.1) is 10.9 Å². The summed E-state index contributed by atoms with van der Waals surface area (Å²) in [6.45, 7) is 4.38. The van der Waals surface area contributed by atoms with Crippen molar-refractivity contribution in [3.05, 3.63) is 125 Å². The van der Waals surface area contributed by atoms with Crippen LogP contribution in [0, 0.1) is 13.8 Å². The Morgan fingerprint density at radius 1 is 0.842 bits per heavy atom. The summed E-state index contributed by atoms with van der Waals surface area (Å²) in [7, 11) is 0. The summed E-state index contributed by atoms with van der Waals surface area (Å²) in [5, 5.41) is 0.545. The zero-order chi connectivity index (χ0) is 26.5. The summed E-state index contributed by atoms with van der Waals surface area (Å²) < 4.78 is 7.54. The van der Waals surface area contributed by atoms with Gasteiger partial charge < -0.3 is 9.64 Å². The second kappa shape index (κ2) is 11.1. The fourth-order valence-electron chi connectivity index (χ4n) is 4.44. The Morgan fingerprint density at radius 3 is 2.29 bits per heavy atom. The fourth-order valence-corrected chi connectivity index (χ4v) is 4.44. The molecule has 0 fully saturated rings. The molecule has 0 bridgehead atoms. The van der Waals surface area contributed by atoms with Gasteiger partial charge in [-0.2, -0.15) is 0 Å². The summed E-state index contributed by atoms with van der Waals surface area (Å²) in [5.74, 6) is 1.05. The fraction of sp³-hybridized carbons (Fsp3) is 0.156. The van der Waals surface area contributed by atoms with Crippen LogP contribution in [0.2, 0.25) is 0 Å². The van der Waals surface area contributed by atoms with Crippen molar-refractivity contribution in [3.8, 4) is 17.1 Å². The molecule has 5 aromatic rings. The summed E-state index contributed by atoms with van der Waals surface area (Å²) in [6, 6.07) is 32.4. The van der Waals surface area contributed by atoms with E-state index in [2.05, 4.69) is 0 Å². The third-order valence-electron chi connectivity index (χ3n) is 6.53. The van der Waals surface area contributed by atoms with Gasteiger partial charge in [-0.05, 0) is 49.7 Å². The SMILES string of the molecule is Cc1ccc(N(CCn2c(-c3ccccc3)nc3ccccc3c2=O)C(=O)COc2ccccc2C)cc1. The summed E-state index contributed by atoms with van der Waals surface area (Å²) >= 11 is 0. The maximum atomic E-state index is 13.6. The van der Waals surface area contributed by atoms with Gasteiger partial charge in [-0.15, -0.1) is 0 Å². The van der Waals surface area contributed by atoms with E-state index in [-0.39, 0.29) is 31.2 Å². The van der Waals surface area contributed by atoms with Crippen LogP contribution in [0.5, 0.6) is 5.75 Å². The second-order valence-electron chi connectivity index (χ2n) is 9.21. The van der Waals surface area contributed by atoms with Crippen molar-refractivity contribution >= 4 is 22.5 Å². The molecule has 5 rings (SSSR count). The average Bonchev–Trinajstić information content (AvgIpc) is 2.95. The zero-order valence-corrected chi connectivity index (χ0v) is 21.5. The number of amides is 1.